The third-order valence-electron chi connectivity index (χ3n) is 5.84. The number of hydrogen-bond acceptors (Lipinski definition) is 6. The number of halogens is 1. The lowest BCUT2D eigenvalue weighted by atomic mass is 10.1. The largest absolute Gasteiger partial charge is 0.355 e. The fraction of sp³-hybridized carbons (Fsp3) is 0.750. The fourth-order valence-corrected chi connectivity index (χ4v) is 3.94. The van der Waals surface area contributed by atoms with Crippen LogP contribution in [0.15, 0.2) is 23.5 Å². The van der Waals surface area contributed by atoms with Crippen molar-refractivity contribution < 1.29 is 0 Å². The molecule has 9 heteroatoms. The highest BCUT2D eigenvalue weighted by Crippen LogP contribution is 2.18. The first-order valence-electron chi connectivity index (χ1n) is 10.5. The number of hydrogen-bond donors (Lipinski definition) is 2. The van der Waals surface area contributed by atoms with E-state index in [9.17, 15) is 0 Å². The Kier molecular flexibility index (Phi) is 9.84. The smallest absolute Gasteiger partial charge is 0.225 e. The first-order chi connectivity index (χ1) is 13.6. The summed E-state index contributed by atoms with van der Waals surface area (Å²) in [6, 6.07) is 2.92. The lowest BCUT2D eigenvalue weighted by Crippen LogP contribution is -2.51. The summed E-state index contributed by atoms with van der Waals surface area (Å²) in [7, 11) is 1.85. The Morgan fingerprint density at radius 1 is 1.17 bits per heavy atom. The van der Waals surface area contributed by atoms with Crippen LogP contribution in [0.25, 0.3) is 0 Å². The van der Waals surface area contributed by atoms with E-state index >= 15 is 0 Å². The molecule has 0 amide bonds. The Morgan fingerprint density at radius 2 is 1.86 bits per heavy atom. The lowest BCUT2D eigenvalue weighted by molar-refractivity contribution is 0.260. The Labute approximate surface area is 192 Å². The average Bonchev–Trinajstić information content (AvgIpc) is 3.09. The monoisotopic (exact) mass is 516 g/mol. The van der Waals surface area contributed by atoms with Crippen LogP contribution >= 0.6 is 24.0 Å². The van der Waals surface area contributed by atoms with Crippen molar-refractivity contribution in [3.05, 3.63) is 18.5 Å². The van der Waals surface area contributed by atoms with E-state index in [1.54, 1.807) is 0 Å². The van der Waals surface area contributed by atoms with Gasteiger partial charge in [0, 0.05) is 83.9 Å². The predicted octanol–water partition coefficient (Wildman–Crippen LogP) is 1.11. The minimum atomic E-state index is 0. The van der Waals surface area contributed by atoms with Crippen LogP contribution in [0.5, 0.6) is 0 Å². The summed E-state index contributed by atoms with van der Waals surface area (Å²) in [6.07, 6.45) is 3.62. The third-order valence-corrected chi connectivity index (χ3v) is 5.84. The molecule has 0 aliphatic carbocycles. The molecule has 2 atom stereocenters. The van der Waals surface area contributed by atoms with Crippen molar-refractivity contribution in [2.75, 3.05) is 64.3 Å². The highest BCUT2D eigenvalue weighted by molar-refractivity contribution is 14.0. The first kappa shape index (κ1) is 24.1. The van der Waals surface area contributed by atoms with Gasteiger partial charge in [0.25, 0.3) is 0 Å². The molecule has 2 aliphatic heterocycles. The SMILES string of the molecule is CN=C(NCCN1CCN(c2ncccn2)CC1)NC1CN(C(C)C)CC1C.I. The summed E-state index contributed by atoms with van der Waals surface area (Å²) in [6.45, 7) is 15.0. The van der Waals surface area contributed by atoms with Crippen LogP contribution in [0.1, 0.15) is 20.8 Å². The molecule has 2 saturated heterocycles. The summed E-state index contributed by atoms with van der Waals surface area (Å²) in [5.41, 5.74) is 0. The zero-order valence-corrected chi connectivity index (χ0v) is 20.5. The summed E-state index contributed by atoms with van der Waals surface area (Å²) < 4.78 is 0. The molecule has 0 spiro atoms. The van der Waals surface area contributed by atoms with Gasteiger partial charge in [-0.1, -0.05) is 6.92 Å². The number of rotatable bonds is 6. The van der Waals surface area contributed by atoms with Crippen molar-refractivity contribution >= 4 is 35.9 Å². The van der Waals surface area contributed by atoms with Crippen LogP contribution in [0.3, 0.4) is 0 Å². The van der Waals surface area contributed by atoms with Crippen LogP contribution < -0.4 is 15.5 Å². The van der Waals surface area contributed by atoms with Crippen LogP contribution in [-0.4, -0.2) is 97.2 Å². The molecule has 0 bridgehead atoms. The molecule has 1 aromatic rings. The molecule has 0 aromatic carbocycles. The second-order valence-corrected chi connectivity index (χ2v) is 8.15. The predicted molar refractivity (Wildman–Crippen MR) is 130 cm³/mol. The van der Waals surface area contributed by atoms with Gasteiger partial charge in [0.15, 0.2) is 5.96 Å². The summed E-state index contributed by atoms with van der Waals surface area (Å²) in [5, 5.41) is 7.11. The fourth-order valence-electron chi connectivity index (χ4n) is 3.94. The molecule has 2 N–H and O–H groups in total. The minimum absolute atomic E-state index is 0. The Morgan fingerprint density at radius 3 is 2.45 bits per heavy atom. The summed E-state index contributed by atoms with van der Waals surface area (Å²) in [5.74, 6) is 2.39. The van der Waals surface area contributed by atoms with E-state index in [0.29, 0.717) is 18.0 Å². The molecule has 164 valence electrons. The average molecular weight is 516 g/mol. The topological polar surface area (TPSA) is 71.9 Å². The molecular weight excluding hydrogens is 479 g/mol. The van der Waals surface area contributed by atoms with Gasteiger partial charge in [0.1, 0.15) is 0 Å². The Balaban J connectivity index is 0.00000300. The van der Waals surface area contributed by atoms with E-state index < -0.39 is 0 Å². The molecule has 29 heavy (non-hydrogen) atoms. The van der Waals surface area contributed by atoms with Gasteiger partial charge in [-0.15, -0.1) is 24.0 Å². The summed E-state index contributed by atoms with van der Waals surface area (Å²) >= 11 is 0. The van der Waals surface area contributed by atoms with E-state index in [2.05, 4.69) is 61.1 Å². The maximum atomic E-state index is 4.42. The van der Waals surface area contributed by atoms with Gasteiger partial charge in [-0.2, -0.15) is 0 Å². The van der Waals surface area contributed by atoms with E-state index in [1.165, 1.54) is 0 Å². The highest BCUT2D eigenvalue weighted by Gasteiger charge is 2.31. The van der Waals surface area contributed by atoms with Crippen molar-refractivity contribution in [2.24, 2.45) is 10.9 Å². The molecule has 2 aliphatic rings. The van der Waals surface area contributed by atoms with Crippen molar-refractivity contribution in [3.63, 3.8) is 0 Å². The van der Waals surface area contributed by atoms with E-state index in [4.69, 9.17) is 0 Å². The summed E-state index contributed by atoms with van der Waals surface area (Å²) in [4.78, 5) is 20.4. The van der Waals surface area contributed by atoms with Crippen LogP contribution in [0.4, 0.5) is 5.95 Å². The zero-order chi connectivity index (χ0) is 19.9. The maximum Gasteiger partial charge on any atom is 0.225 e. The number of nitrogens with one attached hydrogen (secondary N) is 2. The van der Waals surface area contributed by atoms with Gasteiger partial charge in [-0.25, -0.2) is 9.97 Å². The van der Waals surface area contributed by atoms with Crippen LogP contribution in [0, 0.1) is 5.92 Å². The van der Waals surface area contributed by atoms with Crippen molar-refractivity contribution in [2.45, 2.75) is 32.9 Å². The Hall–Kier alpha value is -1.20. The number of guanidine groups is 1. The van der Waals surface area contributed by atoms with E-state index in [1.807, 2.05) is 25.5 Å². The molecule has 2 fully saturated rings. The molecule has 0 saturated carbocycles. The highest BCUT2D eigenvalue weighted by atomic mass is 127. The minimum Gasteiger partial charge on any atom is -0.355 e. The quantitative estimate of drug-likeness (QED) is 0.334. The van der Waals surface area contributed by atoms with Gasteiger partial charge in [-0.05, 0) is 25.8 Å². The second kappa shape index (κ2) is 11.8. The van der Waals surface area contributed by atoms with Gasteiger partial charge in [0.05, 0.1) is 0 Å². The molecule has 0 radical (unpaired) electrons. The molecule has 8 nitrogen and oxygen atoms in total. The van der Waals surface area contributed by atoms with Crippen molar-refractivity contribution in [3.8, 4) is 0 Å². The number of aromatic nitrogens is 2. The number of likely N-dealkylation sites (tertiary alicyclic amines) is 1. The molecule has 1 aromatic heterocycles. The normalized spacial score (nSPS) is 23.9. The molecular formula is C20H37IN8. The van der Waals surface area contributed by atoms with Gasteiger partial charge < -0.3 is 15.5 Å². The van der Waals surface area contributed by atoms with E-state index in [0.717, 1.165) is 64.3 Å². The van der Waals surface area contributed by atoms with Crippen molar-refractivity contribution in [1.82, 2.24) is 30.4 Å². The first-order valence-corrected chi connectivity index (χ1v) is 10.5. The standard InChI is InChI=1S/C20H36N8.HI/c1-16(2)28-14-17(3)18(15-28)25-19(21-4)22-8-9-26-10-12-27(13-11-26)20-23-6-5-7-24-20;/h5-7,16-18H,8-15H2,1-4H3,(H2,21,22,25);1H. The zero-order valence-electron chi connectivity index (χ0n) is 18.2. The Bertz CT molecular complexity index is 618. The van der Waals surface area contributed by atoms with Crippen LogP contribution in [0.2, 0.25) is 0 Å². The van der Waals surface area contributed by atoms with Gasteiger partial charge in [0.2, 0.25) is 5.95 Å². The number of aliphatic imine (C=N–C) groups is 1. The molecule has 3 heterocycles. The lowest BCUT2D eigenvalue weighted by Gasteiger charge is -2.34. The van der Waals surface area contributed by atoms with Gasteiger partial charge in [-0.3, -0.25) is 14.8 Å². The van der Waals surface area contributed by atoms with E-state index in [-0.39, 0.29) is 24.0 Å². The van der Waals surface area contributed by atoms with Gasteiger partial charge >= 0.3 is 0 Å². The van der Waals surface area contributed by atoms with Crippen LogP contribution in [-0.2, 0) is 0 Å². The molecule has 2 unspecified atom stereocenters. The maximum absolute atomic E-state index is 4.42. The molecule has 3 rings (SSSR count). The number of anilines is 1. The third kappa shape index (κ3) is 6.92. The second-order valence-electron chi connectivity index (χ2n) is 8.15. The number of piperazine rings is 1. The number of nitrogens with zero attached hydrogens (tertiary/aromatic N) is 6. The van der Waals surface area contributed by atoms with Crippen molar-refractivity contribution in [1.29, 1.82) is 0 Å².